The van der Waals surface area contributed by atoms with Crippen LogP contribution in [0.5, 0.6) is 5.88 Å². The van der Waals surface area contributed by atoms with Crippen LogP contribution in [0.25, 0.3) is 0 Å². The number of nitrogens with zero attached hydrogens (tertiary/aromatic N) is 1. The first-order valence-corrected chi connectivity index (χ1v) is 3.80. The van der Waals surface area contributed by atoms with Crippen LogP contribution < -0.4 is 10.5 Å². The van der Waals surface area contributed by atoms with Crippen molar-refractivity contribution in [1.82, 2.24) is 4.98 Å². The number of fused-ring (bicyclic) bond motifs is 1. The fourth-order valence-corrected chi connectivity index (χ4v) is 1.23. The van der Waals surface area contributed by atoms with E-state index in [1.165, 1.54) is 12.3 Å². The number of hydrogen-bond donors (Lipinski definition) is 2. The lowest BCUT2D eigenvalue weighted by atomic mass is 10.1. The van der Waals surface area contributed by atoms with Crippen LogP contribution in [-0.2, 0) is 0 Å². The number of carboxylic acid groups (broad SMARTS) is 1. The van der Waals surface area contributed by atoms with Gasteiger partial charge in [0.1, 0.15) is 6.61 Å². The standard InChI is InChI=1S/C8H8N2O3/c9-6-3-13-7-5(6)1-4(2-10-7)8(11)12/h1-2,6H,3,9H2,(H,11,12). The molecular formula is C8H8N2O3. The number of carboxylic acids is 1. The second-order valence-corrected chi connectivity index (χ2v) is 2.84. The van der Waals surface area contributed by atoms with Gasteiger partial charge in [-0.3, -0.25) is 0 Å². The van der Waals surface area contributed by atoms with Gasteiger partial charge in [0.15, 0.2) is 0 Å². The first kappa shape index (κ1) is 8.00. The van der Waals surface area contributed by atoms with Crippen LogP contribution in [0.2, 0.25) is 0 Å². The highest BCUT2D eigenvalue weighted by Crippen LogP contribution is 2.28. The van der Waals surface area contributed by atoms with Gasteiger partial charge >= 0.3 is 5.97 Å². The lowest BCUT2D eigenvalue weighted by Gasteiger charge is -2.00. The molecule has 0 aromatic carbocycles. The van der Waals surface area contributed by atoms with Crippen molar-refractivity contribution >= 4 is 5.97 Å². The van der Waals surface area contributed by atoms with Gasteiger partial charge in [-0.1, -0.05) is 0 Å². The van der Waals surface area contributed by atoms with Crippen molar-refractivity contribution in [2.45, 2.75) is 6.04 Å². The van der Waals surface area contributed by atoms with Crippen LogP contribution in [0.3, 0.4) is 0 Å². The average molecular weight is 180 g/mol. The third-order valence-corrected chi connectivity index (χ3v) is 1.92. The molecule has 1 aliphatic rings. The Bertz CT molecular complexity index is 364. The summed E-state index contributed by atoms with van der Waals surface area (Å²) in [6, 6.07) is 1.24. The molecule has 1 aromatic rings. The van der Waals surface area contributed by atoms with Gasteiger partial charge in [-0.2, -0.15) is 0 Å². The maximum Gasteiger partial charge on any atom is 0.337 e. The predicted octanol–water partition coefficient (Wildman–Crippen LogP) is 0.172. The normalized spacial score (nSPS) is 19.3. The zero-order chi connectivity index (χ0) is 9.42. The number of rotatable bonds is 1. The summed E-state index contributed by atoms with van der Waals surface area (Å²) in [6.45, 7) is 0.366. The Morgan fingerprint density at radius 1 is 1.77 bits per heavy atom. The van der Waals surface area contributed by atoms with Crippen molar-refractivity contribution in [2.24, 2.45) is 5.73 Å². The molecule has 5 heteroatoms. The summed E-state index contributed by atoms with van der Waals surface area (Å²) in [6.07, 6.45) is 1.26. The first-order chi connectivity index (χ1) is 6.18. The highest BCUT2D eigenvalue weighted by atomic mass is 16.5. The van der Waals surface area contributed by atoms with E-state index in [9.17, 15) is 4.79 Å². The molecule has 0 fully saturated rings. The van der Waals surface area contributed by atoms with Gasteiger partial charge in [-0.05, 0) is 6.07 Å². The Kier molecular flexibility index (Phi) is 1.66. The van der Waals surface area contributed by atoms with Gasteiger partial charge in [-0.25, -0.2) is 9.78 Å². The van der Waals surface area contributed by atoms with E-state index >= 15 is 0 Å². The van der Waals surface area contributed by atoms with Gasteiger partial charge in [-0.15, -0.1) is 0 Å². The van der Waals surface area contributed by atoms with E-state index in [0.29, 0.717) is 18.1 Å². The molecule has 0 saturated heterocycles. The number of nitrogens with two attached hydrogens (primary N) is 1. The highest BCUT2D eigenvalue weighted by molar-refractivity contribution is 5.87. The molecule has 0 radical (unpaired) electrons. The summed E-state index contributed by atoms with van der Waals surface area (Å²) < 4.78 is 5.12. The van der Waals surface area contributed by atoms with Crippen LogP contribution in [0, 0.1) is 0 Å². The summed E-state index contributed by atoms with van der Waals surface area (Å²) in [5.41, 5.74) is 6.46. The minimum absolute atomic E-state index is 0.139. The molecule has 0 aliphatic carbocycles. The van der Waals surface area contributed by atoms with E-state index < -0.39 is 5.97 Å². The summed E-state index contributed by atoms with van der Waals surface area (Å²) in [7, 11) is 0. The van der Waals surface area contributed by atoms with Crippen molar-refractivity contribution in [3.05, 3.63) is 23.4 Å². The maximum atomic E-state index is 10.6. The Morgan fingerprint density at radius 3 is 3.23 bits per heavy atom. The number of pyridine rings is 1. The minimum Gasteiger partial charge on any atom is -0.478 e. The van der Waals surface area contributed by atoms with E-state index in [1.807, 2.05) is 0 Å². The van der Waals surface area contributed by atoms with Gasteiger partial charge in [0.2, 0.25) is 5.88 Å². The molecule has 2 heterocycles. The topological polar surface area (TPSA) is 85.4 Å². The number of ether oxygens (including phenoxy) is 1. The van der Waals surface area contributed by atoms with E-state index in [4.69, 9.17) is 15.6 Å². The molecule has 1 atom stereocenters. The van der Waals surface area contributed by atoms with Gasteiger partial charge < -0.3 is 15.6 Å². The van der Waals surface area contributed by atoms with Crippen molar-refractivity contribution in [2.75, 3.05) is 6.61 Å². The monoisotopic (exact) mass is 180 g/mol. The largest absolute Gasteiger partial charge is 0.478 e. The van der Waals surface area contributed by atoms with E-state index in [1.54, 1.807) is 0 Å². The molecule has 1 unspecified atom stereocenters. The Hall–Kier alpha value is -1.62. The summed E-state index contributed by atoms with van der Waals surface area (Å²) in [4.78, 5) is 14.4. The maximum absolute atomic E-state index is 10.6. The second-order valence-electron chi connectivity index (χ2n) is 2.84. The molecule has 0 amide bonds. The molecule has 0 saturated carbocycles. The fraction of sp³-hybridized carbons (Fsp3) is 0.250. The van der Waals surface area contributed by atoms with Gasteiger partial charge in [0.05, 0.1) is 11.6 Å². The summed E-state index contributed by atoms with van der Waals surface area (Å²) in [5.74, 6) is -0.563. The van der Waals surface area contributed by atoms with Crippen LogP contribution in [0.4, 0.5) is 0 Å². The number of carbonyl (C=O) groups is 1. The Balaban J connectivity index is 2.47. The molecule has 3 N–H and O–H groups in total. The van der Waals surface area contributed by atoms with Crippen LogP contribution in [0.1, 0.15) is 22.0 Å². The number of aromatic carboxylic acids is 1. The summed E-state index contributed by atoms with van der Waals surface area (Å²) in [5, 5.41) is 8.68. The zero-order valence-electron chi connectivity index (χ0n) is 6.73. The van der Waals surface area contributed by atoms with E-state index in [-0.39, 0.29) is 11.6 Å². The van der Waals surface area contributed by atoms with Crippen LogP contribution in [-0.4, -0.2) is 22.7 Å². The fourth-order valence-electron chi connectivity index (χ4n) is 1.23. The molecule has 68 valence electrons. The van der Waals surface area contributed by atoms with Crippen LogP contribution in [0.15, 0.2) is 12.3 Å². The van der Waals surface area contributed by atoms with Crippen molar-refractivity contribution in [3.63, 3.8) is 0 Å². The molecule has 13 heavy (non-hydrogen) atoms. The van der Waals surface area contributed by atoms with Gasteiger partial charge in [0.25, 0.3) is 0 Å². The second kappa shape index (κ2) is 2.70. The third kappa shape index (κ3) is 1.23. The molecule has 1 aliphatic heterocycles. The van der Waals surface area contributed by atoms with E-state index in [2.05, 4.69) is 4.98 Å². The van der Waals surface area contributed by atoms with Crippen molar-refractivity contribution in [3.8, 4) is 5.88 Å². The quantitative estimate of drug-likeness (QED) is 0.643. The van der Waals surface area contributed by atoms with Crippen molar-refractivity contribution < 1.29 is 14.6 Å². The minimum atomic E-state index is -1.01. The Labute approximate surface area is 74.1 Å². The molecule has 1 aromatic heterocycles. The average Bonchev–Trinajstić information content (AvgIpc) is 2.47. The van der Waals surface area contributed by atoms with E-state index in [0.717, 1.165) is 0 Å². The molecule has 0 bridgehead atoms. The van der Waals surface area contributed by atoms with Gasteiger partial charge in [0, 0.05) is 11.8 Å². The smallest absolute Gasteiger partial charge is 0.337 e. The van der Waals surface area contributed by atoms with Crippen molar-refractivity contribution in [1.29, 1.82) is 0 Å². The lowest BCUT2D eigenvalue weighted by Crippen LogP contribution is -2.11. The van der Waals surface area contributed by atoms with Crippen LogP contribution >= 0.6 is 0 Å². The number of aromatic nitrogens is 1. The molecular weight excluding hydrogens is 172 g/mol. The molecule has 2 rings (SSSR count). The Morgan fingerprint density at radius 2 is 2.54 bits per heavy atom. The SMILES string of the molecule is NC1COc2ncc(C(=O)O)cc21. The highest BCUT2D eigenvalue weighted by Gasteiger charge is 2.23. The first-order valence-electron chi connectivity index (χ1n) is 3.80. The zero-order valence-corrected chi connectivity index (χ0v) is 6.73. The lowest BCUT2D eigenvalue weighted by molar-refractivity contribution is 0.0696. The third-order valence-electron chi connectivity index (χ3n) is 1.92. The number of hydrogen-bond acceptors (Lipinski definition) is 4. The summed E-state index contributed by atoms with van der Waals surface area (Å²) >= 11 is 0. The molecule has 5 nitrogen and oxygen atoms in total. The molecule has 0 spiro atoms. The predicted molar refractivity (Wildman–Crippen MR) is 43.6 cm³/mol.